The van der Waals surface area contributed by atoms with E-state index in [2.05, 4.69) is 11.0 Å². The molecule has 3 heteroatoms. The smallest absolute Gasteiger partial charge is 0.143 e. The van der Waals surface area contributed by atoms with E-state index in [1.165, 1.54) is 0 Å². The lowest BCUT2D eigenvalue weighted by Gasteiger charge is -2.31. The molecule has 1 aliphatic heterocycles. The van der Waals surface area contributed by atoms with Gasteiger partial charge in [0.15, 0.2) is 0 Å². The Morgan fingerprint density at radius 1 is 1.00 bits per heavy atom. The minimum Gasteiger partial charge on any atom is -0.490 e. The number of fused-ring (bicyclic) bond motifs is 1. The van der Waals surface area contributed by atoms with Gasteiger partial charge in [0.05, 0.1) is 23.5 Å². The van der Waals surface area contributed by atoms with Crippen LogP contribution in [0.25, 0.3) is 0 Å². The van der Waals surface area contributed by atoms with Crippen LogP contribution < -0.4 is 9.64 Å². The lowest BCUT2D eigenvalue weighted by Crippen LogP contribution is -2.29. The monoisotopic (exact) mass is 236 g/mol. The van der Waals surface area contributed by atoms with Crippen LogP contribution in [0.5, 0.6) is 5.75 Å². The highest BCUT2D eigenvalue weighted by molar-refractivity contribution is 5.74. The third-order valence-electron chi connectivity index (χ3n) is 3.04. The summed E-state index contributed by atoms with van der Waals surface area (Å²) in [5, 5.41) is 9.19. The minimum absolute atomic E-state index is 0.636. The van der Waals surface area contributed by atoms with Crippen molar-refractivity contribution < 1.29 is 4.74 Å². The molecule has 0 aliphatic carbocycles. The number of hydrogen-bond acceptors (Lipinski definition) is 3. The first-order valence-electron chi connectivity index (χ1n) is 5.88. The maximum absolute atomic E-state index is 9.19. The number of para-hydroxylation sites is 3. The van der Waals surface area contributed by atoms with Crippen molar-refractivity contribution in [3.8, 4) is 11.8 Å². The van der Waals surface area contributed by atoms with Gasteiger partial charge in [-0.3, -0.25) is 0 Å². The van der Waals surface area contributed by atoms with Crippen LogP contribution in [0.1, 0.15) is 5.56 Å². The number of anilines is 2. The molecule has 0 bridgehead atoms. The highest BCUT2D eigenvalue weighted by atomic mass is 16.5. The van der Waals surface area contributed by atoms with Gasteiger partial charge in [-0.05, 0) is 24.3 Å². The van der Waals surface area contributed by atoms with Crippen molar-refractivity contribution in [1.82, 2.24) is 0 Å². The maximum Gasteiger partial charge on any atom is 0.143 e. The topological polar surface area (TPSA) is 36.3 Å². The molecule has 88 valence electrons. The SMILES string of the molecule is N#Cc1ccccc1N1CCOc2ccccc21. The van der Waals surface area contributed by atoms with Crippen molar-refractivity contribution in [3.63, 3.8) is 0 Å². The second-order valence-corrected chi connectivity index (χ2v) is 4.10. The summed E-state index contributed by atoms with van der Waals surface area (Å²) in [6, 6.07) is 17.8. The van der Waals surface area contributed by atoms with Crippen LogP contribution in [0.4, 0.5) is 11.4 Å². The highest BCUT2D eigenvalue weighted by Crippen LogP contribution is 2.37. The average molecular weight is 236 g/mol. The molecule has 2 aromatic rings. The molecule has 2 aromatic carbocycles. The summed E-state index contributed by atoms with van der Waals surface area (Å²) in [4.78, 5) is 2.14. The number of nitriles is 1. The quantitative estimate of drug-likeness (QED) is 0.763. The van der Waals surface area contributed by atoms with Gasteiger partial charge < -0.3 is 9.64 Å². The van der Waals surface area contributed by atoms with Gasteiger partial charge in [0.1, 0.15) is 18.4 Å². The molecule has 0 N–H and O–H groups in total. The lowest BCUT2D eigenvalue weighted by molar-refractivity contribution is 0.314. The summed E-state index contributed by atoms with van der Waals surface area (Å²) >= 11 is 0. The van der Waals surface area contributed by atoms with Crippen molar-refractivity contribution in [3.05, 3.63) is 54.1 Å². The van der Waals surface area contributed by atoms with Gasteiger partial charge in [-0.1, -0.05) is 24.3 Å². The second-order valence-electron chi connectivity index (χ2n) is 4.10. The lowest BCUT2D eigenvalue weighted by atomic mass is 10.1. The van der Waals surface area contributed by atoms with Gasteiger partial charge in [-0.2, -0.15) is 5.26 Å². The summed E-state index contributed by atoms with van der Waals surface area (Å²) < 4.78 is 5.62. The standard InChI is InChI=1S/C15H12N2O/c16-11-12-5-1-2-6-13(12)17-9-10-18-15-8-4-3-7-14(15)17/h1-8H,9-10H2. The van der Waals surface area contributed by atoms with Crippen LogP contribution in [0.2, 0.25) is 0 Å². The third kappa shape index (κ3) is 1.68. The Balaban J connectivity index is 2.12. The molecule has 0 saturated heterocycles. The van der Waals surface area contributed by atoms with Crippen molar-refractivity contribution in [2.45, 2.75) is 0 Å². The number of benzene rings is 2. The van der Waals surface area contributed by atoms with Crippen LogP contribution in [-0.2, 0) is 0 Å². The molecule has 0 unspecified atom stereocenters. The van der Waals surface area contributed by atoms with Crippen molar-refractivity contribution in [1.29, 1.82) is 5.26 Å². The zero-order valence-corrected chi connectivity index (χ0v) is 9.84. The molecule has 3 nitrogen and oxygen atoms in total. The van der Waals surface area contributed by atoms with E-state index in [9.17, 15) is 5.26 Å². The van der Waals surface area contributed by atoms with E-state index < -0.39 is 0 Å². The Bertz CT molecular complexity index is 616. The van der Waals surface area contributed by atoms with E-state index in [0.717, 1.165) is 23.7 Å². The maximum atomic E-state index is 9.19. The van der Waals surface area contributed by atoms with Crippen LogP contribution >= 0.6 is 0 Å². The molecular formula is C15H12N2O. The van der Waals surface area contributed by atoms with Crippen molar-refractivity contribution in [2.75, 3.05) is 18.1 Å². The summed E-state index contributed by atoms with van der Waals surface area (Å²) in [5.41, 5.74) is 2.65. The summed E-state index contributed by atoms with van der Waals surface area (Å²) in [7, 11) is 0. The first-order chi connectivity index (χ1) is 8.90. The Morgan fingerprint density at radius 3 is 2.56 bits per heavy atom. The molecule has 0 fully saturated rings. The Labute approximate surface area is 106 Å². The van der Waals surface area contributed by atoms with Gasteiger partial charge in [0.2, 0.25) is 0 Å². The molecule has 1 aliphatic rings. The highest BCUT2D eigenvalue weighted by Gasteiger charge is 2.20. The number of nitrogens with zero attached hydrogens (tertiary/aromatic N) is 2. The zero-order valence-electron chi connectivity index (χ0n) is 9.84. The molecule has 0 spiro atoms. The predicted octanol–water partition coefficient (Wildman–Crippen LogP) is 3.09. The number of ether oxygens (including phenoxy) is 1. The molecule has 0 radical (unpaired) electrons. The summed E-state index contributed by atoms with van der Waals surface area (Å²) in [6.45, 7) is 1.40. The fourth-order valence-electron chi connectivity index (χ4n) is 2.22. The van der Waals surface area contributed by atoms with E-state index >= 15 is 0 Å². The molecule has 3 rings (SSSR count). The number of hydrogen-bond donors (Lipinski definition) is 0. The minimum atomic E-state index is 0.636. The van der Waals surface area contributed by atoms with Crippen molar-refractivity contribution >= 4 is 11.4 Å². The van der Waals surface area contributed by atoms with E-state index in [-0.39, 0.29) is 0 Å². The summed E-state index contributed by atoms with van der Waals surface area (Å²) in [6.07, 6.45) is 0. The first-order valence-corrected chi connectivity index (χ1v) is 5.88. The molecule has 1 heterocycles. The molecule has 0 saturated carbocycles. The van der Waals surface area contributed by atoms with Gasteiger partial charge >= 0.3 is 0 Å². The fraction of sp³-hybridized carbons (Fsp3) is 0.133. The normalized spacial score (nSPS) is 13.4. The van der Waals surface area contributed by atoms with Gasteiger partial charge in [-0.25, -0.2) is 0 Å². The second kappa shape index (κ2) is 4.42. The van der Waals surface area contributed by atoms with Crippen molar-refractivity contribution in [2.24, 2.45) is 0 Å². The third-order valence-corrected chi connectivity index (χ3v) is 3.04. The largest absolute Gasteiger partial charge is 0.490 e. The first kappa shape index (κ1) is 10.7. The van der Waals surface area contributed by atoms with Gasteiger partial charge in [0.25, 0.3) is 0 Å². The molecule has 18 heavy (non-hydrogen) atoms. The number of rotatable bonds is 1. The fourth-order valence-corrected chi connectivity index (χ4v) is 2.22. The summed E-state index contributed by atoms with van der Waals surface area (Å²) in [5.74, 6) is 0.872. The van der Waals surface area contributed by atoms with Gasteiger partial charge in [-0.15, -0.1) is 0 Å². The van der Waals surface area contributed by atoms with Gasteiger partial charge in [0, 0.05) is 0 Å². The van der Waals surface area contributed by atoms with Crippen LogP contribution in [0.15, 0.2) is 48.5 Å². The molecule has 0 atom stereocenters. The van der Waals surface area contributed by atoms with Crippen LogP contribution in [0.3, 0.4) is 0 Å². The zero-order chi connectivity index (χ0) is 12.4. The Morgan fingerprint density at radius 2 is 1.72 bits per heavy atom. The van der Waals surface area contributed by atoms with Crippen LogP contribution in [0, 0.1) is 11.3 Å². The molecule has 0 amide bonds. The van der Waals surface area contributed by atoms with E-state index in [1.807, 2.05) is 48.5 Å². The predicted molar refractivity (Wildman–Crippen MR) is 70.1 cm³/mol. The average Bonchev–Trinajstić information content (AvgIpc) is 2.46. The van der Waals surface area contributed by atoms with E-state index in [4.69, 9.17) is 4.74 Å². The van der Waals surface area contributed by atoms with Crippen LogP contribution in [-0.4, -0.2) is 13.2 Å². The van der Waals surface area contributed by atoms with E-state index in [0.29, 0.717) is 12.2 Å². The molecular weight excluding hydrogens is 224 g/mol. The van der Waals surface area contributed by atoms with E-state index in [1.54, 1.807) is 0 Å². The Hall–Kier alpha value is -2.47. The molecule has 0 aromatic heterocycles. The Kier molecular flexibility index (Phi) is 2.62.